The van der Waals surface area contributed by atoms with Gasteiger partial charge in [0.15, 0.2) is 0 Å². The van der Waals surface area contributed by atoms with Crippen LogP contribution in [0.3, 0.4) is 0 Å². The fourth-order valence-electron chi connectivity index (χ4n) is 1.70. The van der Waals surface area contributed by atoms with E-state index in [-0.39, 0.29) is 5.54 Å². The van der Waals surface area contributed by atoms with E-state index in [0.717, 1.165) is 25.2 Å². The first kappa shape index (κ1) is 8.75. The van der Waals surface area contributed by atoms with Crippen LogP contribution in [-0.4, -0.2) is 22.1 Å². The first-order chi connectivity index (χ1) is 6.07. The molecule has 0 aliphatic carbocycles. The molecule has 0 saturated heterocycles. The summed E-state index contributed by atoms with van der Waals surface area (Å²) >= 11 is 0. The maximum Gasteiger partial charge on any atom is 0.127 e. The molecule has 0 aromatic carbocycles. The van der Waals surface area contributed by atoms with Gasteiger partial charge in [-0.2, -0.15) is 0 Å². The van der Waals surface area contributed by atoms with E-state index in [2.05, 4.69) is 30.8 Å². The van der Waals surface area contributed by atoms with E-state index in [1.807, 2.05) is 0 Å². The second kappa shape index (κ2) is 2.84. The number of fused-ring (bicyclic) bond motifs is 1. The Morgan fingerprint density at radius 2 is 2.23 bits per heavy atom. The van der Waals surface area contributed by atoms with Gasteiger partial charge in [-0.05, 0) is 27.2 Å². The van der Waals surface area contributed by atoms with E-state index in [4.69, 9.17) is 4.52 Å². The second-order valence-electron chi connectivity index (χ2n) is 4.63. The van der Waals surface area contributed by atoms with Crippen molar-refractivity contribution in [3.63, 3.8) is 0 Å². The van der Waals surface area contributed by atoms with Gasteiger partial charge in [-0.1, -0.05) is 5.16 Å². The largest absolute Gasteiger partial charge is 0.364 e. The highest BCUT2D eigenvalue weighted by Crippen LogP contribution is 2.23. The van der Waals surface area contributed by atoms with Gasteiger partial charge in [0.05, 0.1) is 0 Å². The fourth-order valence-corrected chi connectivity index (χ4v) is 1.70. The van der Waals surface area contributed by atoms with Crippen molar-refractivity contribution in [3.05, 3.63) is 17.5 Å². The van der Waals surface area contributed by atoms with Crippen LogP contribution in [0.1, 0.15) is 32.0 Å². The molecule has 1 aliphatic rings. The first-order valence-electron chi connectivity index (χ1n) is 4.74. The van der Waals surface area contributed by atoms with Crippen LogP contribution >= 0.6 is 0 Å². The van der Waals surface area contributed by atoms with Crippen LogP contribution in [0.4, 0.5) is 0 Å². The van der Waals surface area contributed by atoms with Crippen molar-refractivity contribution in [3.8, 4) is 0 Å². The van der Waals surface area contributed by atoms with E-state index in [0.29, 0.717) is 0 Å². The number of hydrogen-bond donors (Lipinski definition) is 0. The lowest BCUT2D eigenvalue weighted by atomic mass is 10.00. The summed E-state index contributed by atoms with van der Waals surface area (Å²) in [6, 6.07) is 0. The second-order valence-corrected chi connectivity index (χ2v) is 4.63. The molecule has 0 spiro atoms. The summed E-state index contributed by atoms with van der Waals surface area (Å²) in [7, 11) is 0. The molecular weight excluding hydrogens is 164 g/mol. The van der Waals surface area contributed by atoms with Crippen molar-refractivity contribution in [2.24, 2.45) is 0 Å². The molecule has 0 atom stereocenters. The molecule has 2 rings (SSSR count). The van der Waals surface area contributed by atoms with Gasteiger partial charge in [0.25, 0.3) is 0 Å². The summed E-state index contributed by atoms with van der Waals surface area (Å²) < 4.78 is 4.95. The number of aromatic nitrogens is 1. The maximum absolute atomic E-state index is 4.95. The molecule has 0 radical (unpaired) electrons. The van der Waals surface area contributed by atoms with Gasteiger partial charge in [0, 0.05) is 24.2 Å². The summed E-state index contributed by atoms with van der Waals surface area (Å²) in [6.07, 6.45) is 2.84. The van der Waals surface area contributed by atoms with E-state index in [1.54, 1.807) is 6.26 Å². The first-order valence-corrected chi connectivity index (χ1v) is 4.74. The zero-order valence-corrected chi connectivity index (χ0v) is 8.50. The molecule has 0 unspecified atom stereocenters. The predicted molar refractivity (Wildman–Crippen MR) is 50.4 cm³/mol. The summed E-state index contributed by atoms with van der Waals surface area (Å²) in [5.41, 5.74) is 2.62. The molecule has 3 nitrogen and oxygen atoms in total. The lowest BCUT2D eigenvalue weighted by Gasteiger charge is -2.37. The van der Waals surface area contributed by atoms with Gasteiger partial charge in [-0.3, -0.25) is 4.90 Å². The minimum Gasteiger partial charge on any atom is -0.364 e. The number of hydrogen-bond acceptors (Lipinski definition) is 3. The molecule has 3 heteroatoms. The van der Waals surface area contributed by atoms with Crippen molar-refractivity contribution in [2.45, 2.75) is 39.3 Å². The molecule has 0 saturated carbocycles. The standard InChI is InChI=1S/C10H16N2O/c1-10(2,3)12-5-4-8-7-13-11-9(8)6-12/h7H,4-6H2,1-3H3. The van der Waals surface area contributed by atoms with Crippen molar-refractivity contribution < 1.29 is 4.52 Å². The predicted octanol–water partition coefficient (Wildman–Crippen LogP) is 1.83. The fraction of sp³-hybridized carbons (Fsp3) is 0.700. The molecule has 72 valence electrons. The smallest absolute Gasteiger partial charge is 0.127 e. The Morgan fingerprint density at radius 1 is 1.46 bits per heavy atom. The van der Waals surface area contributed by atoms with E-state index in [9.17, 15) is 0 Å². The molecular formula is C10H16N2O. The lowest BCUT2D eigenvalue weighted by Crippen LogP contribution is -2.44. The Hall–Kier alpha value is -0.830. The van der Waals surface area contributed by atoms with Gasteiger partial charge >= 0.3 is 0 Å². The maximum atomic E-state index is 4.95. The average Bonchev–Trinajstić information content (AvgIpc) is 2.47. The third kappa shape index (κ3) is 1.61. The van der Waals surface area contributed by atoms with Crippen molar-refractivity contribution in [1.29, 1.82) is 0 Å². The Labute approximate surface area is 78.7 Å². The Kier molecular flexibility index (Phi) is 1.91. The summed E-state index contributed by atoms with van der Waals surface area (Å²) in [6.45, 7) is 8.74. The summed E-state index contributed by atoms with van der Waals surface area (Å²) in [5, 5.41) is 4.00. The third-order valence-corrected chi connectivity index (χ3v) is 2.67. The molecule has 0 bridgehead atoms. The zero-order valence-electron chi connectivity index (χ0n) is 8.50. The quantitative estimate of drug-likeness (QED) is 0.610. The van der Waals surface area contributed by atoms with Crippen LogP contribution in [0.5, 0.6) is 0 Å². The number of nitrogens with zero attached hydrogens (tertiary/aromatic N) is 2. The van der Waals surface area contributed by atoms with Crippen LogP contribution in [0.25, 0.3) is 0 Å². The normalized spacial score (nSPS) is 18.7. The van der Waals surface area contributed by atoms with Crippen molar-refractivity contribution in [1.82, 2.24) is 10.1 Å². The highest BCUT2D eigenvalue weighted by atomic mass is 16.5. The highest BCUT2D eigenvalue weighted by Gasteiger charge is 2.27. The summed E-state index contributed by atoms with van der Waals surface area (Å²) in [5.74, 6) is 0. The molecule has 1 aromatic rings. The minimum absolute atomic E-state index is 0.233. The monoisotopic (exact) mass is 180 g/mol. The van der Waals surface area contributed by atoms with Crippen LogP contribution in [-0.2, 0) is 13.0 Å². The SMILES string of the molecule is CC(C)(C)N1CCc2conc2C1. The molecule has 1 aliphatic heterocycles. The Morgan fingerprint density at radius 3 is 2.92 bits per heavy atom. The van der Waals surface area contributed by atoms with E-state index < -0.39 is 0 Å². The summed E-state index contributed by atoms with van der Waals surface area (Å²) in [4.78, 5) is 2.43. The van der Waals surface area contributed by atoms with Gasteiger partial charge in [0.2, 0.25) is 0 Å². The number of rotatable bonds is 0. The molecule has 0 amide bonds. The third-order valence-electron chi connectivity index (χ3n) is 2.67. The molecule has 2 heterocycles. The molecule has 0 N–H and O–H groups in total. The van der Waals surface area contributed by atoms with Crippen LogP contribution in [0, 0.1) is 0 Å². The van der Waals surface area contributed by atoms with Gasteiger partial charge in [-0.25, -0.2) is 0 Å². The van der Waals surface area contributed by atoms with E-state index in [1.165, 1.54) is 5.56 Å². The lowest BCUT2D eigenvalue weighted by molar-refractivity contribution is 0.118. The van der Waals surface area contributed by atoms with Crippen molar-refractivity contribution in [2.75, 3.05) is 6.54 Å². The minimum atomic E-state index is 0.233. The van der Waals surface area contributed by atoms with Crippen molar-refractivity contribution >= 4 is 0 Å². The Bertz CT molecular complexity index is 298. The van der Waals surface area contributed by atoms with Gasteiger partial charge in [-0.15, -0.1) is 0 Å². The van der Waals surface area contributed by atoms with Gasteiger partial charge < -0.3 is 4.52 Å². The van der Waals surface area contributed by atoms with Crippen LogP contribution in [0.15, 0.2) is 10.8 Å². The average molecular weight is 180 g/mol. The zero-order chi connectivity index (χ0) is 9.47. The molecule has 0 fully saturated rings. The topological polar surface area (TPSA) is 29.3 Å². The van der Waals surface area contributed by atoms with Gasteiger partial charge in [0.1, 0.15) is 12.0 Å². The Balaban J connectivity index is 2.18. The highest BCUT2D eigenvalue weighted by molar-refractivity contribution is 5.18. The van der Waals surface area contributed by atoms with E-state index >= 15 is 0 Å². The van der Waals surface area contributed by atoms with Crippen LogP contribution < -0.4 is 0 Å². The van der Waals surface area contributed by atoms with Crippen LogP contribution in [0.2, 0.25) is 0 Å². The molecule has 1 aromatic heterocycles. The molecule has 13 heavy (non-hydrogen) atoms.